The average molecular weight is 277 g/mol. The summed E-state index contributed by atoms with van der Waals surface area (Å²) in [5.74, 6) is 1.38. The van der Waals surface area contributed by atoms with Gasteiger partial charge in [-0.05, 0) is 31.9 Å². The summed E-state index contributed by atoms with van der Waals surface area (Å²) in [4.78, 5) is 11.8. The highest BCUT2D eigenvalue weighted by atomic mass is 16.5. The van der Waals surface area contributed by atoms with Crippen LogP contribution in [0.5, 0.6) is 11.5 Å². The van der Waals surface area contributed by atoms with Crippen molar-refractivity contribution in [3.63, 3.8) is 0 Å². The molecule has 0 heterocycles. The molecule has 0 atom stereocenters. The molecule has 0 saturated heterocycles. The van der Waals surface area contributed by atoms with Crippen molar-refractivity contribution < 1.29 is 14.3 Å². The first-order valence-electron chi connectivity index (χ1n) is 7.43. The Morgan fingerprint density at radius 2 is 1.90 bits per heavy atom. The summed E-state index contributed by atoms with van der Waals surface area (Å²) in [6.07, 6.45) is 5.88. The van der Waals surface area contributed by atoms with Crippen LogP contribution >= 0.6 is 0 Å². The van der Waals surface area contributed by atoms with Crippen LogP contribution < -0.4 is 14.8 Å². The smallest absolute Gasteiger partial charge is 0.258 e. The molecular weight excluding hydrogens is 254 g/mol. The first-order chi connectivity index (χ1) is 9.78. The van der Waals surface area contributed by atoms with Gasteiger partial charge in [0.2, 0.25) is 0 Å². The van der Waals surface area contributed by atoms with Crippen LogP contribution in [0, 0.1) is 0 Å². The number of hydrogen-bond acceptors (Lipinski definition) is 3. The van der Waals surface area contributed by atoms with E-state index in [9.17, 15) is 4.79 Å². The maximum atomic E-state index is 11.8. The van der Waals surface area contributed by atoms with E-state index in [2.05, 4.69) is 5.32 Å². The maximum Gasteiger partial charge on any atom is 0.258 e. The van der Waals surface area contributed by atoms with Crippen LogP contribution in [-0.4, -0.2) is 25.2 Å². The van der Waals surface area contributed by atoms with Crippen molar-refractivity contribution in [3.8, 4) is 11.5 Å². The Labute approximate surface area is 120 Å². The molecule has 0 spiro atoms. The van der Waals surface area contributed by atoms with E-state index in [1.54, 1.807) is 6.07 Å². The van der Waals surface area contributed by atoms with Crippen LogP contribution in [0.3, 0.4) is 0 Å². The van der Waals surface area contributed by atoms with Crippen molar-refractivity contribution >= 4 is 5.91 Å². The maximum absolute atomic E-state index is 11.8. The van der Waals surface area contributed by atoms with E-state index in [1.165, 1.54) is 19.3 Å². The van der Waals surface area contributed by atoms with Gasteiger partial charge in [0.05, 0.1) is 6.61 Å². The van der Waals surface area contributed by atoms with Gasteiger partial charge >= 0.3 is 0 Å². The van der Waals surface area contributed by atoms with Gasteiger partial charge in [0.15, 0.2) is 6.61 Å². The zero-order valence-electron chi connectivity index (χ0n) is 12.1. The van der Waals surface area contributed by atoms with Gasteiger partial charge in [-0.15, -0.1) is 0 Å². The molecule has 110 valence electrons. The minimum atomic E-state index is -0.0429. The summed E-state index contributed by atoms with van der Waals surface area (Å²) in [5.41, 5.74) is 0. The number of ether oxygens (including phenoxy) is 2. The Morgan fingerprint density at radius 1 is 1.20 bits per heavy atom. The Kier molecular flexibility index (Phi) is 5.71. The van der Waals surface area contributed by atoms with Gasteiger partial charge in [0.25, 0.3) is 5.91 Å². The first kappa shape index (κ1) is 14.7. The lowest BCUT2D eigenvalue weighted by Gasteiger charge is -2.22. The zero-order chi connectivity index (χ0) is 14.2. The van der Waals surface area contributed by atoms with Crippen molar-refractivity contribution in [1.29, 1.82) is 0 Å². The summed E-state index contributed by atoms with van der Waals surface area (Å²) in [6, 6.07) is 7.70. The molecule has 4 nitrogen and oxygen atoms in total. The standard InChI is InChI=1S/C16H23NO3/c1-2-19-14-9-6-10-15(11-14)20-12-16(18)17-13-7-4-3-5-8-13/h6,9-11,13H,2-5,7-8,12H2,1H3,(H,17,18). The van der Waals surface area contributed by atoms with Crippen molar-refractivity contribution in [2.45, 2.75) is 45.1 Å². The second-order valence-electron chi connectivity index (χ2n) is 5.10. The second kappa shape index (κ2) is 7.78. The minimum absolute atomic E-state index is 0.0429. The molecule has 0 bridgehead atoms. The molecule has 4 heteroatoms. The van der Waals surface area contributed by atoms with Crippen LogP contribution in [0.25, 0.3) is 0 Å². The quantitative estimate of drug-likeness (QED) is 0.869. The molecule has 0 aliphatic heterocycles. The molecule has 1 aromatic rings. The van der Waals surface area contributed by atoms with E-state index in [4.69, 9.17) is 9.47 Å². The molecule has 20 heavy (non-hydrogen) atoms. The van der Waals surface area contributed by atoms with Crippen molar-refractivity contribution in [2.75, 3.05) is 13.2 Å². The van der Waals surface area contributed by atoms with E-state index in [0.717, 1.165) is 18.6 Å². The van der Waals surface area contributed by atoms with E-state index >= 15 is 0 Å². The van der Waals surface area contributed by atoms with Crippen LogP contribution in [0.15, 0.2) is 24.3 Å². The van der Waals surface area contributed by atoms with E-state index in [0.29, 0.717) is 18.4 Å². The van der Waals surface area contributed by atoms with Gasteiger partial charge in [0.1, 0.15) is 11.5 Å². The number of carbonyl (C=O) groups is 1. The molecule has 1 aromatic carbocycles. The lowest BCUT2D eigenvalue weighted by molar-refractivity contribution is -0.124. The molecule has 1 amide bonds. The SMILES string of the molecule is CCOc1cccc(OCC(=O)NC2CCCCC2)c1. The number of hydrogen-bond donors (Lipinski definition) is 1. The topological polar surface area (TPSA) is 47.6 Å². The number of nitrogens with one attached hydrogen (secondary N) is 1. The molecule has 1 N–H and O–H groups in total. The van der Waals surface area contributed by atoms with E-state index in [-0.39, 0.29) is 12.5 Å². The van der Waals surface area contributed by atoms with Gasteiger partial charge in [-0.3, -0.25) is 4.79 Å². The third kappa shape index (κ3) is 4.76. The first-order valence-corrected chi connectivity index (χ1v) is 7.43. The van der Waals surface area contributed by atoms with Crippen LogP contribution in [0.2, 0.25) is 0 Å². The molecule has 1 saturated carbocycles. The summed E-state index contributed by atoms with van der Waals surface area (Å²) in [7, 11) is 0. The Bertz CT molecular complexity index is 427. The van der Waals surface area contributed by atoms with E-state index < -0.39 is 0 Å². The van der Waals surface area contributed by atoms with Crippen LogP contribution in [-0.2, 0) is 4.79 Å². The van der Waals surface area contributed by atoms with Gasteiger partial charge < -0.3 is 14.8 Å². The van der Waals surface area contributed by atoms with Gasteiger partial charge in [-0.25, -0.2) is 0 Å². The fraction of sp³-hybridized carbons (Fsp3) is 0.562. The van der Waals surface area contributed by atoms with Crippen molar-refractivity contribution in [1.82, 2.24) is 5.32 Å². The highest BCUT2D eigenvalue weighted by Crippen LogP contribution is 2.20. The Balaban J connectivity index is 1.76. The Morgan fingerprint density at radius 3 is 2.60 bits per heavy atom. The fourth-order valence-electron chi connectivity index (χ4n) is 2.49. The molecule has 1 aliphatic rings. The highest BCUT2D eigenvalue weighted by molar-refractivity contribution is 5.77. The summed E-state index contributed by atoms with van der Waals surface area (Å²) >= 11 is 0. The second-order valence-corrected chi connectivity index (χ2v) is 5.10. The fourth-order valence-corrected chi connectivity index (χ4v) is 2.49. The molecule has 2 rings (SSSR count). The number of carbonyl (C=O) groups excluding carboxylic acids is 1. The number of benzene rings is 1. The van der Waals surface area contributed by atoms with Crippen LogP contribution in [0.4, 0.5) is 0 Å². The van der Waals surface area contributed by atoms with Gasteiger partial charge in [0, 0.05) is 12.1 Å². The largest absolute Gasteiger partial charge is 0.494 e. The molecule has 0 radical (unpaired) electrons. The lowest BCUT2D eigenvalue weighted by atomic mass is 9.95. The predicted molar refractivity (Wildman–Crippen MR) is 78.1 cm³/mol. The average Bonchev–Trinajstić information content (AvgIpc) is 2.47. The summed E-state index contributed by atoms with van der Waals surface area (Å²) in [5, 5.41) is 3.03. The lowest BCUT2D eigenvalue weighted by Crippen LogP contribution is -2.38. The third-order valence-corrected chi connectivity index (χ3v) is 3.46. The minimum Gasteiger partial charge on any atom is -0.494 e. The van der Waals surface area contributed by atoms with Crippen LogP contribution in [0.1, 0.15) is 39.0 Å². The molecular formula is C16H23NO3. The highest BCUT2D eigenvalue weighted by Gasteiger charge is 2.15. The van der Waals surface area contributed by atoms with Gasteiger partial charge in [-0.1, -0.05) is 25.3 Å². The monoisotopic (exact) mass is 277 g/mol. The van der Waals surface area contributed by atoms with Gasteiger partial charge in [-0.2, -0.15) is 0 Å². The molecule has 0 unspecified atom stereocenters. The Hall–Kier alpha value is -1.71. The normalized spacial score (nSPS) is 15.7. The molecule has 1 aliphatic carbocycles. The zero-order valence-corrected chi connectivity index (χ0v) is 12.1. The number of rotatable bonds is 6. The van der Waals surface area contributed by atoms with Crippen molar-refractivity contribution in [3.05, 3.63) is 24.3 Å². The molecule has 1 fully saturated rings. The number of amides is 1. The van der Waals surface area contributed by atoms with E-state index in [1.807, 2.05) is 25.1 Å². The predicted octanol–water partition coefficient (Wildman–Crippen LogP) is 2.91. The van der Waals surface area contributed by atoms with Crippen molar-refractivity contribution in [2.24, 2.45) is 0 Å². The molecule has 0 aromatic heterocycles. The third-order valence-electron chi connectivity index (χ3n) is 3.46. The summed E-state index contributed by atoms with van der Waals surface area (Å²) < 4.78 is 10.9. The summed E-state index contributed by atoms with van der Waals surface area (Å²) in [6.45, 7) is 2.61.